The Morgan fingerprint density at radius 1 is 1.35 bits per heavy atom. The van der Waals surface area contributed by atoms with E-state index >= 15 is 0 Å². The van der Waals surface area contributed by atoms with E-state index in [2.05, 4.69) is 31.1 Å². The summed E-state index contributed by atoms with van der Waals surface area (Å²) in [6, 6.07) is 5.93. The average Bonchev–Trinajstić information content (AvgIpc) is 2.62. The lowest BCUT2D eigenvalue weighted by molar-refractivity contribution is 0.00990. The number of likely N-dealkylation sites (tertiary alicyclic amines) is 1. The third kappa shape index (κ3) is 7.88. The van der Waals surface area contributed by atoms with Crippen LogP contribution in [-0.2, 0) is 16.0 Å². The van der Waals surface area contributed by atoms with Crippen molar-refractivity contribution in [3.63, 3.8) is 0 Å². The molecule has 1 heterocycles. The summed E-state index contributed by atoms with van der Waals surface area (Å²) < 4.78 is 11.9. The van der Waals surface area contributed by atoms with Crippen molar-refractivity contribution < 1.29 is 9.47 Å². The van der Waals surface area contributed by atoms with Crippen molar-refractivity contribution >= 4 is 57.5 Å². The van der Waals surface area contributed by atoms with Gasteiger partial charge in [0, 0.05) is 56.5 Å². The molecular weight excluding hydrogens is 532 g/mol. The topological polar surface area (TPSA) is 46.1 Å². The van der Waals surface area contributed by atoms with Crippen LogP contribution < -0.4 is 5.32 Å². The Kier molecular flexibility index (Phi) is 12.1. The molecule has 5 nitrogen and oxygen atoms in total. The van der Waals surface area contributed by atoms with Gasteiger partial charge < -0.3 is 19.7 Å². The van der Waals surface area contributed by atoms with E-state index in [-0.39, 0.29) is 24.0 Å². The molecule has 1 aromatic rings. The van der Waals surface area contributed by atoms with E-state index < -0.39 is 0 Å². The SMILES string of the molecule is CN=C(NCc1ccc(Br)cc1Cl)N1CCC(OCCCOC)CC1.I. The van der Waals surface area contributed by atoms with Gasteiger partial charge in [-0.1, -0.05) is 33.6 Å². The molecule has 1 aliphatic rings. The second kappa shape index (κ2) is 13.1. The summed E-state index contributed by atoms with van der Waals surface area (Å²) in [5, 5.41) is 4.16. The molecule has 0 amide bonds. The monoisotopic (exact) mass is 559 g/mol. The summed E-state index contributed by atoms with van der Waals surface area (Å²) in [7, 11) is 3.54. The number of aliphatic imine (C=N–C) groups is 1. The van der Waals surface area contributed by atoms with E-state index in [4.69, 9.17) is 21.1 Å². The first-order valence-electron chi connectivity index (χ1n) is 8.64. The summed E-state index contributed by atoms with van der Waals surface area (Å²) in [4.78, 5) is 6.69. The number of nitrogens with zero attached hydrogens (tertiary/aromatic N) is 2. The molecule has 0 aliphatic carbocycles. The van der Waals surface area contributed by atoms with E-state index in [1.807, 2.05) is 25.2 Å². The fourth-order valence-corrected chi connectivity index (χ4v) is 3.60. The van der Waals surface area contributed by atoms with Crippen molar-refractivity contribution in [2.75, 3.05) is 40.5 Å². The van der Waals surface area contributed by atoms with Crippen LogP contribution in [0.2, 0.25) is 5.02 Å². The van der Waals surface area contributed by atoms with Gasteiger partial charge in [0.25, 0.3) is 0 Å². The zero-order valence-electron chi connectivity index (χ0n) is 15.3. The van der Waals surface area contributed by atoms with Crippen LogP contribution in [0.1, 0.15) is 24.8 Å². The minimum Gasteiger partial charge on any atom is -0.385 e. The number of hydrogen-bond acceptors (Lipinski definition) is 3. The van der Waals surface area contributed by atoms with Gasteiger partial charge in [0.1, 0.15) is 0 Å². The molecule has 0 spiro atoms. The number of ether oxygens (including phenoxy) is 2. The van der Waals surface area contributed by atoms with E-state index in [1.54, 1.807) is 7.11 Å². The average molecular weight is 561 g/mol. The number of piperidine rings is 1. The van der Waals surface area contributed by atoms with E-state index in [1.165, 1.54) is 0 Å². The molecule has 0 saturated carbocycles. The van der Waals surface area contributed by atoms with Crippen molar-refractivity contribution in [3.05, 3.63) is 33.3 Å². The molecule has 0 unspecified atom stereocenters. The van der Waals surface area contributed by atoms with Gasteiger partial charge in [-0.05, 0) is 37.0 Å². The first kappa shape index (κ1) is 23.9. The summed E-state index contributed by atoms with van der Waals surface area (Å²) in [5.41, 5.74) is 1.06. The van der Waals surface area contributed by atoms with Crippen LogP contribution >= 0.6 is 51.5 Å². The van der Waals surface area contributed by atoms with Crippen molar-refractivity contribution in [1.29, 1.82) is 0 Å². The maximum atomic E-state index is 6.28. The Balaban J connectivity index is 0.00000338. The van der Waals surface area contributed by atoms with E-state index in [0.717, 1.165) is 66.6 Å². The summed E-state index contributed by atoms with van der Waals surface area (Å²) in [6.45, 7) is 4.08. The number of hydrogen-bond donors (Lipinski definition) is 1. The summed E-state index contributed by atoms with van der Waals surface area (Å²) in [6.07, 6.45) is 3.33. The van der Waals surface area contributed by atoms with Gasteiger partial charge in [-0.15, -0.1) is 24.0 Å². The summed E-state index contributed by atoms with van der Waals surface area (Å²) >= 11 is 9.71. The molecule has 8 heteroatoms. The zero-order valence-corrected chi connectivity index (χ0v) is 20.0. The molecule has 26 heavy (non-hydrogen) atoms. The highest BCUT2D eigenvalue weighted by Gasteiger charge is 2.21. The van der Waals surface area contributed by atoms with Crippen LogP contribution in [0.3, 0.4) is 0 Å². The van der Waals surface area contributed by atoms with Crippen LogP contribution in [0.25, 0.3) is 0 Å². The van der Waals surface area contributed by atoms with Crippen LogP contribution in [0.15, 0.2) is 27.7 Å². The predicted molar refractivity (Wildman–Crippen MR) is 122 cm³/mol. The third-order valence-electron chi connectivity index (χ3n) is 4.25. The van der Waals surface area contributed by atoms with Gasteiger partial charge in [-0.3, -0.25) is 4.99 Å². The summed E-state index contributed by atoms with van der Waals surface area (Å²) in [5.74, 6) is 0.914. The molecule has 0 aromatic heterocycles. The van der Waals surface area contributed by atoms with Gasteiger partial charge >= 0.3 is 0 Å². The maximum Gasteiger partial charge on any atom is 0.193 e. The van der Waals surface area contributed by atoms with Crippen LogP contribution in [0.5, 0.6) is 0 Å². The third-order valence-corrected chi connectivity index (χ3v) is 5.10. The second-order valence-electron chi connectivity index (χ2n) is 6.04. The number of rotatable bonds is 7. The van der Waals surface area contributed by atoms with Crippen LogP contribution in [-0.4, -0.2) is 57.4 Å². The predicted octanol–water partition coefficient (Wildman–Crippen LogP) is 4.31. The Hall–Kier alpha value is -0.0900. The Morgan fingerprint density at radius 3 is 2.69 bits per heavy atom. The first-order valence-corrected chi connectivity index (χ1v) is 9.81. The quantitative estimate of drug-likeness (QED) is 0.234. The highest BCUT2D eigenvalue weighted by molar-refractivity contribution is 14.0. The molecular formula is C18H28BrClIN3O2. The normalized spacial score (nSPS) is 15.7. The highest BCUT2D eigenvalue weighted by atomic mass is 127. The second-order valence-corrected chi connectivity index (χ2v) is 7.36. The highest BCUT2D eigenvalue weighted by Crippen LogP contribution is 2.21. The van der Waals surface area contributed by atoms with Crippen molar-refractivity contribution in [1.82, 2.24) is 10.2 Å². The van der Waals surface area contributed by atoms with Gasteiger partial charge in [0.15, 0.2) is 5.96 Å². The van der Waals surface area contributed by atoms with Crippen molar-refractivity contribution in [3.8, 4) is 0 Å². The number of benzene rings is 1. The number of guanidine groups is 1. The molecule has 1 saturated heterocycles. The smallest absolute Gasteiger partial charge is 0.193 e. The fraction of sp³-hybridized carbons (Fsp3) is 0.611. The molecule has 1 aromatic carbocycles. The molecule has 1 fully saturated rings. The van der Waals surface area contributed by atoms with Crippen LogP contribution in [0.4, 0.5) is 0 Å². The molecule has 1 N–H and O–H groups in total. The minimum atomic E-state index is 0. The Bertz CT molecular complexity index is 569. The molecule has 2 rings (SSSR count). The van der Waals surface area contributed by atoms with E-state index in [0.29, 0.717) is 12.6 Å². The lowest BCUT2D eigenvalue weighted by Crippen LogP contribution is -2.46. The zero-order chi connectivity index (χ0) is 18.1. The first-order chi connectivity index (χ1) is 12.1. The van der Waals surface area contributed by atoms with Crippen LogP contribution in [0, 0.1) is 0 Å². The van der Waals surface area contributed by atoms with E-state index in [9.17, 15) is 0 Å². The minimum absolute atomic E-state index is 0. The molecule has 0 bridgehead atoms. The lowest BCUT2D eigenvalue weighted by atomic mass is 10.1. The lowest BCUT2D eigenvalue weighted by Gasteiger charge is -2.34. The molecule has 0 atom stereocenters. The van der Waals surface area contributed by atoms with Gasteiger partial charge in [0.05, 0.1) is 6.10 Å². The van der Waals surface area contributed by atoms with Crippen molar-refractivity contribution in [2.45, 2.75) is 31.9 Å². The molecule has 148 valence electrons. The van der Waals surface area contributed by atoms with Gasteiger partial charge in [-0.2, -0.15) is 0 Å². The largest absolute Gasteiger partial charge is 0.385 e. The Morgan fingerprint density at radius 2 is 2.08 bits per heavy atom. The number of methoxy groups -OCH3 is 1. The molecule has 0 radical (unpaired) electrons. The van der Waals surface area contributed by atoms with Gasteiger partial charge in [-0.25, -0.2) is 0 Å². The van der Waals surface area contributed by atoms with Crippen molar-refractivity contribution in [2.24, 2.45) is 4.99 Å². The van der Waals surface area contributed by atoms with Gasteiger partial charge in [0.2, 0.25) is 0 Å². The number of halogens is 3. The molecule has 1 aliphatic heterocycles. The number of nitrogens with one attached hydrogen (secondary N) is 1. The maximum absolute atomic E-state index is 6.28. The fourth-order valence-electron chi connectivity index (χ4n) is 2.86. The Labute approximate surface area is 187 Å². The standard InChI is InChI=1S/C18H27BrClN3O2.HI/c1-21-18(22-13-14-4-5-15(19)12-17(14)20)23-8-6-16(7-9-23)25-11-3-10-24-2;/h4-5,12,16H,3,6-11,13H2,1-2H3,(H,21,22);1H.